The van der Waals surface area contributed by atoms with Crippen LogP contribution in [0.4, 0.5) is 0 Å². The number of rotatable bonds is 3. The van der Waals surface area contributed by atoms with E-state index in [4.69, 9.17) is 4.74 Å². The van der Waals surface area contributed by atoms with Crippen LogP contribution < -0.4 is 0 Å². The Labute approximate surface area is 94.9 Å². The van der Waals surface area contributed by atoms with Crippen LogP contribution in [-0.4, -0.2) is 40.3 Å². The Morgan fingerprint density at radius 3 is 2.94 bits per heavy atom. The van der Waals surface area contributed by atoms with Crippen LogP contribution in [0.1, 0.15) is 24.8 Å². The monoisotopic (exact) mass is 220 g/mol. The predicted octanol–water partition coefficient (Wildman–Crippen LogP) is 0.936. The Bertz CT molecular complexity index is 353. The van der Waals surface area contributed by atoms with Crippen LogP contribution in [-0.2, 0) is 4.74 Å². The van der Waals surface area contributed by atoms with Gasteiger partial charge >= 0.3 is 0 Å². The average molecular weight is 220 g/mol. The summed E-state index contributed by atoms with van der Waals surface area (Å²) in [5.41, 5.74) is 0.949. The third-order valence-corrected chi connectivity index (χ3v) is 3.20. The molecule has 0 amide bonds. The van der Waals surface area contributed by atoms with Crippen LogP contribution in [0.2, 0.25) is 0 Å². The smallest absolute Gasteiger partial charge is 0.154 e. The summed E-state index contributed by atoms with van der Waals surface area (Å²) in [5, 5.41) is 9.18. The Balaban J connectivity index is 1.81. The molecule has 4 nitrogen and oxygen atoms in total. The van der Waals surface area contributed by atoms with Crippen molar-refractivity contribution in [3.8, 4) is 0 Å². The first-order chi connectivity index (χ1) is 7.88. The van der Waals surface area contributed by atoms with Crippen LogP contribution in [0.25, 0.3) is 0 Å². The van der Waals surface area contributed by atoms with Gasteiger partial charge in [-0.15, -0.1) is 0 Å². The maximum absolute atomic E-state index is 9.18. The van der Waals surface area contributed by atoms with Crippen LogP contribution in [0.5, 0.6) is 0 Å². The zero-order chi connectivity index (χ0) is 11.0. The van der Waals surface area contributed by atoms with Crippen LogP contribution in [0.15, 0.2) is 24.4 Å². The lowest BCUT2D eigenvalue weighted by molar-refractivity contribution is -0.0240. The molecular formula is C12H16N2O2. The van der Waals surface area contributed by atoms with Crippen molar-refractivity contribution in [1.29, 1.82) is 0 Å². The fourth-order valence-corrected chi connectivity index (χ4v) is 2.24. The van der Waals surface area contributed by atoms with Gasteiger partial charge in [0.25, 0.3) is 0 Å². The molecule has 86 valence electrons. The normalized spacial score (nSPS) is 30.8. The number of ether oxygens (including phenoxy) is 1. The molecule has 1 aromatic heterocycles. The Hall–Kier alpha value is -0.970. The number of nitrogens with zero attached hydrogens (tertiary/aromatic N) is 2. The summed E-state index contributed by atoms with van der Waals surface area (Å²) in [6.45, 7) is 0.912. The molecular weight excluding hydrogens is 204 g/mol. The Morgan fingerprint density at radius 2 is 2.31 bits per heavy atom. The van der Waals surface area contributed by atoms with E-state index in [0.717, 1.165) is 12.2 Å². The van der Waals surface area contributed by atoms with Gasteiger partial charge in [-0.2, -0.15) is 0 Å². The van der Waals surface area contributed by atoms with Crippen molar-refractivity contribution < 1.29 is 9.84 Å². The molecule has 1 saturated heterocycles. The standard InChI is InChI=1S/C12H16N2O2/c15-8-10-7-14(9-4-5-9)12(16-10)11-3-1-2-6-13-11/h1-3,6,9-10,12,15H,4-5,7-8H2. The van der Waals surface area contributed by atoms with Crippen molar-refractivity contribution in [2.45, 2.75) is 31.2 Å². The van der Waals surface area contributed by atoms with Crippen molar-refractivity contribution in [1.82, 2.24) is 9.88 Å². The molecule has 1 N–H and O–H groups in total. The highest BCUT2D eigenvalue weighted by Gasteiger charge is 2.42. The molecule has 0 spiro atoms. The number of pyridine rings is 1. The topological polar surface area (TPSA) is 45.6 Å². The van der Waals surface area contributed by atoms with Gasteiger partial charge in [-0.25, -0.2) is 0 Å². The van der Waals surface area contributed by atoms with E-state index < -0.39 is 0 Å². The van der Waals surface area contributed by atoms with Gasteiger partial charge in [0.2, 0.25) is 0 Å². The minimum atomic E-state index is -0.0640. The van der Waals surface area contributed by atoms with Crippen molar-refractivity contribution in [2.24, 2.45) is 0 Å². The first kappa shape index (κ1) is 10.2. The van der Waals surface area contributed by atoms with Gasteiger partial charge in [-0.1, -0.05) is 6.07 Å². The van der Waals surface area contributed by atoms with E-state index in [-0.39, 0.29) is 18.9 Å². The summed E-state index contributed by atoms with van der Waals surface area (Å²) < 4.78 is 5.82. The maximum Gasteiger partial charge on any atom is 0.154 e. The fourth-order valence-electron chi connectivity index (χ4n) is 2.24. The molecule has 2 fully saturated rings. The first-order valence-corrected chi connectivity index (χ1v) is 5.81. The zero-order valence-corrected chi connectivity index (χ0v) is 9.12. The van der Waals surface area contributed by atoms with Crippen LogP contribution in [0, 0.1) is 0 Å². The van der Waals surface area contributed by atoms with E-state index in [1.807, 2.05) is 18.2 Å². The van der Waals surface area contributed by atoms with Crippen LogP contribution in [0.3, 0.4) is 0 Å². The molecule has 2 atom stereocenters. The van der Waals surface area contributed by atoms with Gasteiger partial charge < -0.3 is 9.84 Å². The molecule has 1 aromatic rings. The fraction of sp³-hybridized carbons (Fsp3) is 0.583. The van der Waals surface area contributed by atoms with E-state index in [2.05, 4.69) is 9.88 Å². The summed E-state index contributed by atoms with van der Waals surface area (Å²) >= 11 is 0. The van der Waals surface area contributed by atoms with E-state index >= 15 is 0 Å². The summed E-state index contributed by atoms with van der Waals surface area (Å²) in [7, 11) is 0. The quantitative estimate of drug-likeness (QED) is 0.823. The van der Waals surface area contributed by atoms with E-state index in [1.54, 1.807) is 6.20 Å². The number of hydrogen-bond donors (Lipinski definition) is 1. The van der Waals surface area contributed by atoms with Crippen molar-refractivity contribution in [3.63, 3.8) is 0 Å². The summed E-state index contributed by atoms with van der Waals surface area (Å²) in [6.07, 6.45) is 4.14. The van der Waals surface area contributed by atoms with E-state index in [1.165, 1.54) is 12.8 Å². The third-order valence-electron chi connectivity index (χ3n) is 3.20. The number of aromatic nitrogens is 1. The summed E-state index contributed by atoms with van der Waals surface area (Å²) in [6, 6.07) is 6.50. The second-order valence-electron chi connectivity index (χ2n) is 4.48. The van der Waals surface area contributed by atoms with Crippen molar-refractivity contribution >= 4 is 0 Å². The lowest BCUT2D eigenvalue weighted by Crippen LogP contribution is -2.28. The third kappa shape index (κ3) is 1.84. The average Bonchev–Trinajstić information content (AvgIpc) is 3.10. The minimum Gasteiger partial charge on any atom is -0.394 e. The zero-order valence-electron chi connectivity index (χ0n) is 9.12. The number of aliphatic hydroxyl groups excluding tert-OH is 1. The van der Waals surface area contributed by atoms with Gasteiger partial charge in [0, 0.05) is 18.8 Å². The van der Waals surface area contributed by atoms with E-state index in [0.29, 0.717) is 6.04 Å². The lowest BCUT2D eigenvalue weighted by atomic mass is 10.3. The second-order valence-corrected chi connectivity index (χ2v) is 4.48. The second kappa shape index (κ2) is 4.13. The minimum absolute atomic E-state index is 0.0624. The number of aliphatic hydroxyl groups is 1. The molecule has 16 heavy (non-hydrogen) atoms. The first-order valence-electron chi connectivity index (χ1n) is 5.81. The molecule has 1 aliphatic carbocycles. The SMILES string of the molecule is OCC1CN(C2CC2)C(c2ccccn2)O1. The Morgan fingerprint density at radius 1 is 1.44 bits per heavy atom. The molecule has 0 radical (unpaired) electrons. The molecule has 2 unspecified atom stereocenters. The van der Waals surface area contributed by atoms with Gasteiger partial charge in [-0.05, 0) is 25.0 Å². The largest absolute Gasteiger partial charge is 0.394 e. The highest BCUT2D eigenvalue weighted by atomic mass is 16.5. The van der Waals surface area contributed by atoms with Crippen molar-refractivity contribution in [3.05, 3.63) is 30.1 Å². The maximum atomic E-state index is 9.18. The van der Waals surface area contributed by atoms with Crippen molar-refractivity contribution in [2.75, 3.05) is 13.2 Å². The predicted molar refractivity (Wildman–Crippen MR) is 58.7 cm³/mol. The molecule has 0 aromatic carbocycles. The Kier molecular flexibility index (Phi) is 2.63. The van der Waals surface area contributed by atoms with Crippen LogP contribution >= 0.6 is 0 Å². The van der Waals surface area contributed by atoms with Gasteiger partial charge in [0.1, 0.15) is 0 Å². The van der Waals surface area contributed by atoms with Gasteiger partial charge in [-0.3, -0.25) is 9.88 Å². The molecule has 2 aliphatic rings. The molecule has 2 heterocycles. The molecule has 0 bridgehead atoms. The number of hydrogen-bond acceptors (Lipinski definition) is 4. The highest BCUT2D eigenvalue weighted by molar-refractivity contribution is 5.09. The van der Waals surface area contributed by atoms with E-state index in [9.17, 15) is 5.11 Å². The summed E-state index contributed by atoms with van der Waals surface area (Å²) in [5.74, 6) is 0. The van der Waals surface area contributed by atoms with Gasteiger partial charge in [0.05, 0.1) is 18.4 Å². The summed E-state index contributed by atoms with van der Waals surface area (Å²) in [4.78, 5) is 6.66. The lowest BCUT2D eigenvalue weighted by Gasteiger charge is -2.21. The highest BCUT2D eigenvalue weighted by Crippen LogP contribution is 2.38. The molecule has 4 heteroatoms. The molecule has 1 saturated carbocycles. The molecule has 3 rings (SSSR count). The van der Waals surface area contributed by atoms with Gasteiger partial charge in [0.15, 0.2) is 6.23 Å². The molecule has 1 aliphatic heterocycles.